The summed E-state index contributed by atoms with van der Waals surface area (Å²) in [5.74, 6) is 0.425. The highest BCUT2D eigenvalue weighted by Gasteiger charge is 2.23. The average molecular weight is 414 g/mol. The fourth-order valence-corrected chi connectivity index (χ4v) is 4.31. The standard InChI is InChI=1S/C19H18N4O5S/c1-27-15-9-13(11-23-8-4-7-20-23)10-16-18(15)19(21-28-16)22-29(25,26)17-6-3-2-5-14(17)12-24/h2-10,24H,11-12H2,1H3,(H,21,22). The summed E-state index contributed by atoms with van der Waals surface area (Å²) in [6, 6.07) is 11.5. The van der Waals surface area contributed by atoms with E-state index < -0.39 is 16.6 Å². The molecule has 9 nitrogen and oxygen atoms in total. The number of aliphatic hydroxyl groups is 1. The lowest BCUT2D eigenvalue weighted by atomic mass is 10.1. The maximum atomic E-state index is 12.8. The maximum Gasteiger partial charge on any atom is 0.263 e. The van der Waals surface area contributed by atoms with Crippen LogP contribution < -0.4 is 9.46 Å². The molecule has 0 aliphatic carbocycles. The summed E-state index contributed by atoms with van der Waals surface area (Å²) < 4.78 is 40.7. The van der Waals surface area contributed by atoms with Gasteiger partial charge in [-0.25, -0.2) is 8.42 Å². The number of hydrogen-bond acceptors (Lipinski definition) is 7. The van der Waals surface area contributed by atoms with E-state index in [4.69, 9.17) is 9.26 Å². The van der Waals surface area contributed by atoms with Crippen molar-refractivity contribution in [3.8, 4) is 5.75 Å². The first-order valence-electron chi connectivity index (χ1n) is 8.67. The van der Waals surface area contributed by atoms with E-state index in [1.807, 2.05) is 12.3 Å². The number of nitrogens with zero attached hydrogens (tertiary/aromatic N) is 3. The molecule has 0 fully saturated rings. The Kier molecular flexibility index (Phi) is 4.95. The van der Waals surface area contributed by atoms with E-state index in [9.17, 15) is 13.5 Å². The van der Waals surface area contributed by atoms with Crippen LogP contribution in [0.2, 0.25) is 0 Å². The molecule has 4 rings (SSSR count). The molecule has 0 unspecified atom stereocenters. The van der Waals surface area contributed by atoms with Crippen LogP contribution in [0.3, 0.4) is 0 Å². The Hall–Kier alpha value is -3.37. The van der Waals surface area contributed by atoms with Gasteiger partial charge in [0.2, 0.25) is 0 Å². The van der Waals surface area contributed by atoms with Gasteiger partial charge in [0.05, 0.1) is 25.2 Å². The maximum absolute atomic E-state index is 12.8. The number of methoxy groups -OCH3 is 1. The largest absolute Gasteiger partial charge is 0.496 e. The van der Waals surface area contributed by atoms with Gasteiger partial charge >= 0.3 is 0 Å². The van der Waals surface area contributed by atoms with Crippen molar-refractivity contribution in [3.05, 3.63) is 66.0 Å². The quantitative estimate of drug-likeness (QED) is 0.476. The second-order valence-electron chi connectivity index (χ2n) is 6.28. The second kappa shape index (κ2) is 7.57. The second-order valence-corrected chi connectivity index (χ2v) is 7.93. The predicted molar refractivity (Wildman–Crippen MR) is 105 cm³/mol. The van der Waals surface area contributed by atoms with E-state index in [1.54, 1.807) is 35.1 Å². The molecule has 0 saturated heterocycles. The molecular formula is C19H18N4O5S. The first-order chi connectivity index (χ1) is 14.0. The van der Waals surface area contributed by atoms with Gasteiger partial charge in [-0.05, 0) is 35.4 Å². The molecule has 0 bridgehead atoms. The van der Waals surface area contributed by atoms with Crippen molar-refractivity contribution >= 4 is 26.8 Å². The number of hydrogen-bond donors (Lipinski definition) is 2. The molecule has 29 heavy (non-hydrogen) atoms. The van der Waals surface area contributed by atoms with Gasteiger partial charge in [-0.15, -0.1) is 0 Å². The molecule has 0 atom stereocenters. The van der Waals surface area contributed by atoms with E-state index in [2.05, 4.69) is 15.0 Å². The van der Waals surface area contributed by atoms with Crippen molar-refractivity contribution in [1.29, 1.82) is 0 Å². The number of benzene rings is 2. The number of ether oxygens (including phenoxy) is 1. The van der Waals surface area contributed by atoms with E-state index in [0.717, 1.165) is 5.56 Å². The van der Waals surface area contributed by atoms with Crippen molar-refractivity contribution in [2.75, 3.05) is 11.8 Å². The van der Waals surface area contributed by atoms with Crippen LogP contribution in [0.4, 0.5) is 5.82 Å². The summed E-state index contributed by atoms with van der Waals surface area (Å²) >= 11 is 0. The normalized spacial score (nSPS) is 11.7. The van der Waals surface area contributed by atoms with Crippen LogP contribution in [0.15, 0.2) is 64.3 Å². The van der Waals surface area contributed by atoms with Gasteiger partial charge in [0.15, 0.2) is 11.4 Å². The van der Waals surface area contributed by atoms with Gasteiger partial charge in [0.25, 0.3) is 10.0 Å². The van der Waals surface area contributed by atoms with Crippen LogP contribution in [0.5, 0.6) is 5.75 Å². The molecule has 2 heterocycles. The van der Waals surface area contributed by atoms with Crippen LogP contribution >= 0.6 is 0 Å². The van der Waals surface area contributed by atoms with Crippen LogP contribution in [-0.2, 0) is 23.2 Å². The monoisotopic (exact) mass is 414 g/mol. The molecule has 4 aromatic rings. The number of rotatable bonds is 7. The summed E-state index contributed by atoms with van der Waals surface area (Å²) in [6.45, 7) is 0.0850. The zero-order chi connectivity index (χ0) is 20.4. The lowest BCUT2D eigenvalue weighted by molar-refractivity contribution is 0.278. The molecule has 2 aromatic carbocycles. The smallest absolute Gasteiger partial charge is 0.263 e. The number of fused-ring (bicyclic) bond motifs is 1. The lowest BCUT2D eigenvalue weighted by Crippen LogP contribution is -2.15. The molecule has 150 valence electrons. The van der Waals surface area contributed by atoms with Gasteiger partial charge in [0.1, 0.15) is 11.1 Å². The summed E-state index contributed by atoms with van der Waals surface area (Å²) in [7, 11) is -2.51. The van der Waals surface area contributed by atoms with E-state index in [1.165, 1.54) is 19.2 Å². The van der Waals surface area contributed by atoms with Gasteiger partial charge in [-0.1, -0.05) is 23.4 Å². The van der Waals surface area contributed by atoms with Crippen molar-refractivity contribution in [2.45, 2.75) is 18.0 Å². The Morgan fingerprint density at radius 3 is 2.79 bits per heavy atom. The zero-order valence-electron chi connectivity index (χ0n) is 15.4. The summed E-state index contributed by atoms with van der Waals surface area (Å²) in [6.07, 6.45) is 3.51. The first-order valence-corrected chi connectivity index (χ1v) is 10.2. The summed E-state index contributed by atoms with van der Waals surface area (Å²) in [4.78, 5) is -0.0343. The van der Waals surface area contributed by atoms with Crippen LogP contribution in [-0.4, -0.2) is 35.6 Å². The van der Waals surface area contributed by atoms with Crippen molar-refractivity contribution in [3.63, 3.8) is 0 Å². The predicted octanol–water partition coefficient (Wildman–Crippen LogP) is 2.37. The molecule has 0 radical (unpaired) electrons. The molecule has 10 heteroatoms. The molecule has 0 amide bonds. The highest BCUT2D eigenvalue weighted by Crippen LogP contribution is 2.35. The van der Waals surface area contributed by atoms with Crippen molar-refractivity contribution in [2.24, 2.45) is 0 Å². The fourth-order valence-electron chi connectivity index (χ4n) is 3.07. The zero-order valence-corrected chi connectivity index (χ0v) is 16.3. The van der Waals surface area contributed by atoms with Crippen molar-refractivity contribution < 1.29 is 22.8 Å². The average Bonchev–Trinajstić information content (AvgIpc) is 3.37. The van der Waals surface area contributed by atoms with E-state index in [-0.39, 0.29) is 16.3 Å². The highest BCUT2D eigenvalue weighted by molar-refractivity contribution is 7.92. The Labute approximate surface area is 166 Å². The molecule has 0 spiro atoms. The number of aromatic nitrogens is 3. The summed E-state index contributed by atoms with van der Waals surface area (Å²) in [5, 5.41) is 17.9. The summed E-state index contributed by atoms with van der Waals surface area (Å²) in [5.41, 5.74) is 1.51. The third kappa shape index (κ3) is 3.67. The van der Waals surface area contributed by atoms with E-state index in [0.29, 0.717) is 23.3 Å². The Bertz CT molecular complexity index is 1250. The minimum Gasteiger partial charge on any atom is -0.496 e. The van der Waals surface area contributed by atoms with E-state index >= 15 is 0 Å². The SMILES string of the molecule is COc1cc(Cn2cccn2)cc2onc(NS(=O)(=O)c3ccccc3CO)c12. The first kappa shape index (κ1) is 19.0. The number of aliphatic hydroxyl groups excluding tert-OH is 1. The third-order valence-electron chi connectivity index (χ3n) is 4.39. The molecule has 0 saturated carbocycles. The minimum atomic E-state index is -4.00. The van der Waals surface area contributed by atoms with Gasteiger partial charge in [-0.3, -0.25) is 9.40 Å². The molecule has 0 aliphatic heterocycles. The van der Waals surface area contributed by atoms with Gasteiger partial charge in [-0.2, -0.15) is 5.10 Å². The Morgan fingerprint density at radius 1 is 1.24 bits per heavy atom. The molecule has 2 aromatic heterocycles. The van der Waals surface area contributed by atoms with Crippen molar-refractivity contribution in [1.82, 2.24) is 14.9 Å². The topological polar surface area (TPSA) is 119 Å². The molecular weight excluding hydrogens is 396 g/mol. The van der Waals surface area contributed by atoms with Gasteiger partial charge in [0, 0.05) is 12.4 Å². The lowest BCUT2D eigenvalue weighted by Gasteiger charge is -2.10. The van der Waals surface area contributed by atoms with Gasteiger partial charge < -0.3 is 14.4 Å². The van der Waals surface area contributed by atoms with Crippen LogP contribution in [0, 0.1) is 0 Å². The van der Waals surface area contributed by atoms with Crippen LogP contribution in [0.1, 0.15) is 11.1 Å². The number of anilines is 1. The third-order valence-corrected chi connectivity index (χ3v) is 5.82. The number of nitrogens with one attached hydrogen (secondary N) is 1. The highest BCUT2D eigenvalue weighted by atomic mass is 32.2. The fraction of sp³-hybridized carbons (Fsp3) is 0.158. The Balaban J connectivity index is 1.73. The minimum absolute atomic E-state index is 0.00947. The molecule has 0 aliphatic rings. The molecule has 2 N–H and O–H groups in total. The Morgan fingerprint density at radius 2 is 2.07 bits per heavy atom. The number of sulfonamides is 1. The van der Waals surface area contributed by atoms with Crippen LogP contribution in [0.25, 0.3) is 11.0 Å².